The van der Waals surface area contributed by atoms with Crippen molar-refractivity contribution in [3.8, 4) is 0 Å². The van der Waals surface area contributed by atoms with Crippen molar-refractivity contribution >= 4 is 0 Å². The van der Waals surface area contributed by atoms with Gasteiger partial charge in [-0.1, -0.05) is 27.7 Å². The molecule has 0 amide bonds. The molecule has 1 aromatic heterocycles. The summed E-state index contributed by atoms with van der Waals surface area (Å²) in [6.07, 6.45) is 2.99. The predicted molar refractivity (Wildman–Crippen MR) is 64.9 cm³/mol. The molecule has 2 atom stereocenters. The summed E-state index contributed by atoms with van der Waals surface area (Å²) in [4.78, 5) is 3.89. The van der Waals surface area contributed by atoms with E-state index in [1.165, 1.54) is 6.20 Å². The van der Waals surface area contributed by atoms with Crippen LogP contribution in [0.5, 0.6) is 0 Å². The maximum atomic E-state index is 13.0. The van der Waals surface area contributed by atoms with Gasteiger partial charge in [0.05, 0.1) is 6.20 Å². The second-order valence-corrected chi connectivity index (χ2v) is 4.77. The minimum absolute atomic E-state index is 0.256. The van der Waals surface area contributed by atoms with E-state index in [1.807, 2.05) is 0 Å². The first kappa shape index (κ1) is 13.1. The van der Waals surface area contributed by atoms with Gasteiger partial charge in [-0.25, -0.2) is 4.39 Å². The summed E-state index contributed by atoms with van der Waals surface area (Å²) >= 11 is 0. The number of halogens is 1. The molecule has 2 unspecified atom stereocenters. The molecule has 0 fully saturated rings. The Morgan fingerprint density at radius 1 is 1.25 bits per heavy atom. The van der Waals surface area contributed by atoms with Crippen molar-refractivity contribution in [1.82, 2.24) is 10.3 Å². The topological polar surface area (TPSA) is 24.9 Å². The molecule has 1 aromatic rings. The second kappa shape index (κ2) is 5.94. The molecule has 0 aliphatic carbocycles. The monoisotopic (exact) mass is 224 g/mol. The summed E-state index contributed by atoms with van der Waals surface area (Å²) in [6, 6.07) is 2.06. The highest BCUT2D eigenvalue weighted by Crippen LogP contribution is 2.23. The van der Waals surface area contributed by atoms with Crippen LogP contribution in [0.4, 0.5) is 4.39 Å². The molecule has 1 N–H and O–H groups in total. The van der Waals surface area contributed by atoms with Gasteiger partial charge in [0.15, 0.2) is 0 Å². The minimum Gasteiger partial charge on any atom is -0.314 e. The molecule has 3 heteroatoms. The average molecular weight is 224 g/mol. The number of nitrogens with one attached hydrogen (secondary N) is 1. The van der Waals surface area contributed by atoms with Crippen molar-refractivity contribution in [1.29, 1.82) is 0 Å². The van der Waals surface area contributed by atoms with Crippen LogP contribution in [0, 0.1) is 11.7 Å². The Labute approximate surface area is 97.3 Å². The van der Waals surface area contributed by atoms with Crippen LogP contribution in [0.1, 0.15) is 39.2 Å². The smallest absolute Gasteiger partial charge is 0.141 e. The third-order valence-corrected chi connectivity index (χ3v) is 2.95. The van der Waals surface area contributed by atoms with E-state index >= 15 is 0 Å². The van der Waals surface area contributed by atoms with Crippen molar-refractivity contribution in [2.75, 3.05) is 6.54 Å². The first-order valence-corrected chi connectivity index (χ1v) is 5.84. The van der Waals surface area contributed by atoms with E-state index in [4.69, 9.17) is 0 Å². The van der Waals surface area contributed by atoms with Crippen molar-refractivity contribution in [3.05, 3.63) is 29.8 Å². The van der Waals surface area contributed by atoms with Crippen molar-refractivity contribution in [2.24, 2.45) is 5.92 Å². The maximum Gasteiger partial charge on any atom is 0.141 e. The molecular weight excluding hydrogens is 203 g/mol. The molecule has 0 aliphatic rings. The van der Waals surface area contributed by atoms with Gasteiger partial charge < -0.3 is 5.32 Å². The third kappa shape index (κ3) is 3.89. The number of pyridine rings is 1. The molecule has 0 saturated heterocycles. The minimum atomic E-state index is -0.256. The van der Waals surface area contributed by atoms with E-state index in [9.17, 15) is 4.39 Å². The summed E-state index contributed by atoms with van der Waals surface area (Å²) in [5, 5.41) is 3.40. The molecule has 0 spiro atoms. The zero-order valence-electron chi connectivity index (χ0n) is 10.5. The van der Waals surface area contributed by atoms with Gasteiger partial charge in [0.25, 0.3) is 0 Å². The van der Waals surface area contributed by atoms with Gasteiger partial charge in [0.1, 0.15) is 5.82 Å². The van der Waals surface area contributed by atoms with E-state index < -0.39 is 0 Å². The Hall–Kier alpha value is -0.960. The first-order chi connectivity index (χ1) is 7.50. The quantitative estimate of drug-likeness (QED) is 0.831. The van der Waals surface area contributed by atoms with Crippen molar-refractivity contribution in [2.45, 2.75) is 39.7 Å². The highest BCUT2D eigenvalue weighted by molar-refractivity contribution is 5.15. The lowest BCUT2D eigenvalue weighted by molar-refractivity contribution is 0.424. The van der Waals surface area contributed by atoms with Crippen LogP contribution in [0.15, 0.2) is 18.5 Å². The van der Waals surface area contributed by atoms with Crippen LogP contribution >= 0.6 is 0 Å². The molecule has 0 bridgehead atoms. The van der Waals surface area contributed by atoms with E-state index in [0.717, 1.165) is 12.1 Å². The average Bonchev–Trinajstić information content (AvgIpc) is 2.24. The molecule has 90 valence electrons. The van der Waals surface area contributed by atoms with Crippen molar-refractivity contribution in [3.63, 3.8) is 0 Å². The fourth-order valence-corrected chi connectivity index (χ4v) is 1.60. The highest BCUT2D eigenvalue weighted by Gasteiger charge is 2.15. The van der Waals surface area contributed by atoms with Gasteiger partial charge in [-0.05, 0) is 30.0 Å². The lowest BCUT2D eigenvalue weighted by atomic mass is 9.90. The second-order valence-electron chi connectivity index (χ2n) is 4.77. The van der Waals surface area contributed by atoms with Crippen LogP contribution in [0.2, 0.25) is 0 Å². The molecule has 0 radical (unpaired) electrons. The Kier molecular flexibility index (Phi) is 4.87. The third-order valence-electron chi connectivity index (χ3n) is 2.95. The van der Waals surface area contributed by atoms with Crippen molar-refractivity contribution < 1.29 is 4.39 Å². The SMILES string of the molecule is CC(C)NCC(C)C(C)c1cncc(F)c1. The molecular formula is C13H21FN2. The summed E-state index contributed by atoms with van der Waals surface area (Å²) in [5.41, 5.74) is 0.970. The number of hydrogen-bond donors (Lipinski definition) is 1. The maximum absolute atomic E-state index is 13.0. The number of aromatic nitrogens is 1. The lowest BCUT2D eigenvalue weighted by Gasteiger charge is -2.21. The molecule has 0 saturated carbocycles. The lowest BCUT2D eigenvalue weighted by Crippen LogP contribution is -2.29. The van der Waals surface area contributed by atoms with Gasteiger partial charge >= 0.3 is 0 Å². The van der Waals surface area contributed by atoms with Gasteiger partial charge in [0.2, 0.25) is 0 Å². The van der Waals surface area contributed by atoms with Crippen LogP contribution in [-0.2, 0) is 0 Å². The van der Waals surface area contributed by atoms with E-state index in [0.29, 0.717) is 17.9 Å². The van der Waals surface area contributed by atoms with Gasteiger partial charge in [-0.2, -0.15) is 0 Å². The van der Waals surface area contributed by atoms with Gasteiger partial charge in [-0.15, -0.1) is 0 Å². The summed E-state index contributed by atoms with van der Waals surface area (Å²) in [7, 11) is 0. The van der Waals surface area contributed by atoms with Crippen LogP contribution in [-0.4, -0.2) is 17.6 Å². The van der Waals surface area contributed by atoms with Gasteiger partial charge in [-0.3, -0.25) is 4.98 Å². The van der Waals surface area contributed by atoms with Gasteiger partial charge in [0, 0.05) is 12.2 Å². The fourth-order valence-electron chi connectivity index (χ4n) is 1.60. The molecule has 0 aromatic carbocycles. The summed E-state index contributed by atoms with van der Waals surface area (Å²) in [6.45, 7) is 9.48. The summed E-state index contributed by atoms with van der Waals surface area (Å²) in [5.74, 6) is 0.522. The normalized spacial score (nSPS) is 15.1. The first-order valence-electron chi connectivity index (χ1n) is 5.84. The number of hydrogen-bond acceptors (Lipinski definition) is 2. The largest absolute Gasteiger partial charge is 0.314 e. The molecule has 0 aliphatic heterocycles. The Balaban J connectivity index is 2.59. The molecule has 16 heavy (non-hydrogen) atoms. The number of nitrogens with zero attached hydrogens (tertiary/aromatic N) is 1. The van der Waals surface area contributed by atoms with E-state index in [1.54, 1.807) is 12.3 Å². The van der Waals surface area contributed by atoms with Crippen LogP contribution in [0.25, 0.3) is 0 Å². The standard InChI is InChI=1S/C13H21FN2/c1-9(2)16-6-10(3)11(4)12-5-13(14)8-15-7-12/h5,7-11,16H,6H2,1-4H3. The Bertz CT molecular complexity index is 325. The summed E-state index contributed by atoms with van der Waals surface area (Å²) < 4.78 is 13.0. The van der Waals surface area contributed by atoms with E-state index in [2.05, 4.69) is 38.0 Å². The zero-order valence-corrected chi connectivity index (χ0v) is 10.5. The molecule has 1 heterocycles. The Morgan fingerprint density at radius 2 is 1.94 bits per heavy atom. The zero-order chi connectivity index (χ0) is 12.1. The van der Waals surface area contributed by atoms with Crippen LogP contribution in [0.3, 0.4) is 0 Å². The molecule has 2 nitrogen and oxygen atoms in total. The van der Waals surface area contributed by atoms with Crippen LogP contribution < -0.4 is 5.32 Å². The predicted octanol–water partition coefficient (Wildman–Crippen LogP) is 2.96. The number of rotatable bonds is 5. The Morgan fingerprint density at radius 3 is 2.50 bits per heavy atom. The fraction of sp³-hybridized carbons (Fsp3) is 0.615. The van der Waals surface area contributed by atoms with E-state index in [-0.39, 0.29) is 5.82 Å². The highest BCUT2D eigenvalue weighted by atomic mass is 19.1. The molecule has 1 rings (SSSR count).